The number of thioether (sulfide) groups is 1. The summed E-state index contributed by atoms with van der Waals surface area (Å²) < 4.78 is 47.4. The van der Waals surface area contributed by atoms with Gasteiger partial charge in [-0.15, -0.1) is 10.2 Å². The maximum absolute atomic E-state index is 13.3. The summed E-state index contributed by atoms with van der Waals surface area (Å²) in [5.41, 5.74) is -0.376. The molecular formula is C23H23F3N4O2S. The second-order valence-corrected chi connectivity index (χ2v) is 8.63. The van der Waals surface area contributed by atoms with Gasteiger partial charge < -0.3 is 14.6 Å². The lowest BCUT2D eigenvalue weighted by molar-refractivity contribution is -0.137. The van der Waals surface area contributed by atoms with Gasteiger partial charge in [0.05, 0.1) is 30.3 Å². The van der Waals surface area contributed by atoms with Crippen LogP contribution in [0.4, 0.5) is 13.2 Å². The van der Waals surface area contributed by atoms with E-state index in [0.717, 1.165) is 42.9 Å². The molecule has 3 aromatic rings. The van der Waals surface area contributed by atoms with Crippen molar-refractivity contribution in [2.75, 3.05) is 12.4 Å². The lowest BCUT2D eigenvalue weighted by Crippen LogP contribution is -2.27. The molecule has 33 heavy (non-hydrogen) atoms. The van der Waals surface area contributed by atoms with Crippen molar-refractivity contribution in [3.8, 4) is 0 Å². The van der Waals surface area contributed by atoms with Crippen LogP contribution in [-0.4, -0.2) is 39.1 Å². The van der Waals surface area contributed by atoms with Gasteiger partial charge in [-0.3, -0.25) is 4.79 Å². The first kappa shape index (κ1) is 23.3. The summed E-state index contributed by atoms with van der Waals surface area (Å²) in [6, 6.07) is 14.4. The highest BCUT2D eigenvalue weighted by Crippen LogP contribution is 2.32. The van der Waals surface area contributed by atoms with E-state index in [0.29, 0.717) is 17.5 Å². The van der Waals surface area contributed by atoms with Crippen molar-refractivity contribution in [1.82, 2.24) is 20.1 Å². The number of hydrogen-bond donors (Lipinski definition) is 1. The second kappa shape index (κ2) is 10.4. The maximum Gasteiger partial charge on any atom is 0.417 e. The lowest BCUT2D eigenvalue weighted by Gasteiger charge is -2.14. The van der Waals surface area contributed by atoms with E-state index in [9.17, 15) is 18.0 Å². The number of carbonyl (C=O) groups is 1. The van der Waals surface area contributed by atoms with E-state index in [1.165, 1.54) is 23.9 Å². The molecule has 0 radical (unpaired) electrons. The van der Waals surface area contributed by atoms with Crippen molar-refractivity contribution in [3.63, 3.8) is 0 Å². The van der Waals surface area contributed by atoms with E-state index in [-0.39, 0.29) is 12.6 Å². The quantitative estimate of drug-likeness (QED) is 0.484. The molecule has 1 aromatic heterocycles. The molecule has 1 N–H and O–H groups in total. The summed E-state index contributed by atoms with van der Waals surface area (Å²) in [7, 11) is 0. The Hall–Kier alpha value is -2.85. The Labute approximate surface area is 193 Å². The minimum Gasteiger partial charge on any atom is -0.377 e. The third-order valence-corrected chi connectivity index (χ3v) is 6.38. The Morgan fingerprint density at radius 1 is 1.12 bits per heavy atom. The molecular weight excluding hydrogens is 453 g/mol. The molecule has 1 aliphatic heterocycles. The molecule has 0 saturated carbocycles. The zero-order valence-electron chi connectivity index (χ0n) is 17.7. The van der Waals surface area contributed by atoms with E-state index in [2.05, 4.69) is 15.5 Å². The van der Waals surface area contributed by atoms with Gasteiger partial charge in [-0.25, -0.2) is 0 Å². The van der Waals surface area contributed by atoms with Crippen LogP contribution in [-0.2, 0) is 24.0 Å². The van der Waals surface area contributed by atoms with Gasteiger partial charge >= 0.3 is 6.18 Å². The molecule has 0 aliphatic carbocycles. The number of nitrogens with one attached hydrogen (secondary N) is 1. The minimum atomic E-state index is -4.62. The molecule has 0 bridgehead atoms. The highest BCUT2D eigenvalue weighted by molar-refractivity contribution is 7.99. The van der Waals surface area contributed by atoms with Crippen molar-refractivity contribution >= 4 is 17.7 Å². The third kappa shape index (κ3) is 5.94. The van der Waals surface area contributed by atoms with Crippen LogP contribution in [0.3, 0.4) is 0 Å². The molecule has 4 rings (SSSR count). The lowest BCUT2D eigenvalue weighted by atomic mass is 10.1. The van der Waals surface area contributed by atoms with Gasteiger partial charge in [-0.2, -0.15) is 13.2 Å². The number of hydrogen-bond acceptors (Lipinski definition) is 5. The third-order valence-electron chi connectivity index (χ3n) is 5.28. The summed E-state index contributed by atoms with van der Waals surface area (Å²) >= 11 is 1.52. The molecule has 6 nitrogen and oxygen atoms in total. The number of aromatic nitrogens is 3. The average molecular weight is 477 g/mol. The van der Waals surface area contributed by atoms with Crippen molar-refractivity contribution in [2.45, 2.75) is 43.4 Å². The van der Waals surface area contributed by atoms with Gasteiger partial charge in [0.2, 0.25) is 0 Å². The van der Waals surface area contributed by atoms with Gasteiger partial charge in [0, 0.05) is 12.4 Å². The number of alkyl halides is 3. The summed E-state index contributed by atoms with van der Waals surface area (Å²) in [6.45, 7) is 1.19. The molecule has 0 spiro atoms. The summed E-state index contributed by atoms with van der Waals surface area (Å²) in [6.07, 6.45) is -2.41. The largest absolute Gasteiger partial charge is 0.417 e. The van der Waals surface area contributed by atoms with E-state index in [1.54, 1.807) is 0 Å². The van der Waals surface area contributed by atoms with E-state index in [1.807, 2.05) is 34.9 Å². The molecule has 1 saturated heterocycles. The van der Waals surface area contributed by atoms with Crippen LogP contribution in [0, 0.1) is 0 Å². The number of amides is 1. The fraction of sp³-hybridized carbons (Fsp3) is 0.348. The Kier molecular flexibility index (Phi) is 7.34. The molecule has 174 valence electrons. The van der Waals surface area contributed by atoms with Gasteiger partial charge in [0.25, 0.3) is 5.91 Å². The normalized spacial score (nSPS) is 16.2. The van der Waals surface area contributed by atoms with Crippen molar-refractivity contribution in [1.29, 1.82) is 0 Å². The maximum atomic E-state index is 13.3. The van der Waals surface area contributed by atoms with Crippen LogP contribution in [0.5, 0.6) is 0 Å². The summed E-state index contributed by atoms with van der Waals surface area (Å²) in [5.74, 6) is 0.385. The van der Waals surface area contributed by atoms with Crippen LogP contribution < -0.4 is 5.32 Å². The van der Waals surface area contributed by atoms with Crippen LogP contribution in [0.2, 0.25) is 0 Å². The molecule has 2 aromatic carbocycles. The van der Waals surface area contributed by atoms with Gasteiger partial charge in [-0.1, -0.05) is 54.2 Å². The number of benzene rings is 2. The number of rotatable bonds is 8. The Bertz CT molecular complexity index is 1080. The fourth-order valence-corrected chi connectivity index (χ4v) is 4.63. The standard InChI is InChI=1S/C23H23F3N4O2S/c24-23(25,26)19-11-5-4-10-18(19)21(31)27-13-20-28-29-22(33-15-17-9-6-12-32-17)30(20)14-16-7-2-1-3-8-16/h1-5,7-8,10-11,17H,6,9,12-15H2,(H,27,31)/t17-/m1/s1. The molecule has 10 heteroatoms. The molecule has 1 amide bonds. The average Bonchev–Trinajstić information content (AvgIpc) is 3.46. The molecule has 1 fully saturated rings. The van der Waals surface area contributed by atoms with Crippen molar-refractivity contribution in [3.05, 3.63) is 77.1 Å². The Balaban J connectivity index is 1.51. The molecule has 2 heterocycles. The number of ether oxygens (including phenoxy) is 1. The number of carbonyl (C=O) groups excluding carboxylic acids is 1. The zero-order chi connectivity index (χ0) is 23.3. The van der Waals surface area contributed by atoms with Gasteiger partial charge in [-0.05, 0) is 30.5 Å². The van der Waals surface area contributed by atoms with Crippen molar-refractivity contribution in [2.24, 2.45) is 0 Å². The Morgan fingerprint density at radius 3 is 2.61 bits per heavy atom. The molecule has 0 unspecified atom stereocenters. The first-order chi connectivity index (χ1) is 15.9. The van der Waals surface area contributed by atoms with E-state index in [4.69, 9.17) is 4.74 Å². The minimum absolute atomic E-state index is 0.0503. The van der Waals surface area contributed by atoms with Crippen LogP contribution in [0.15, 0.2) is 59.8 Å². The van der Waals surface area contributed by atoms with Crippen LogP contribution in [0.1, 0.15) is 40.2 Å². The SMILES string of the molecule is O=C(NCc1nnc(SC[C@H]2CCCO2)n1Cc1ccccc1)c1ccccc1C(F)(F)F. The number of nitrogens with zero attached hydrogens (tertiary/aromatic N) is 3. The topological polar surface area (TPSA) is 69.0 Å². The summed E-state index contributed by atoms with van der Waals surface area (Å²) in [4.78, 5) is 12.6. The zero-order valence-corrected chi connectivity index (χ0v) is 18.5. The van der Waals surface area contributed by atoms with Crippen LogP contribution >= 0.6 is 11.8 Å². The Morgan fingerprint density at radius 2 is 1.88 bits per heavy atom. The highest BCUT2D eigenvalue weighted by Gasteiger charge is 2.34. The first-order valence-corrected chi connectivity index (χ1v) is 11.5. The van der Waals surface area contributed by atoms with E-state index >= 15 is 0 Å². The summed E-state index contributed by atoms with van der Waals surface area (Å²) in [5, 5.41) is 11.7. The smallest absolute Gasteiger partial charge is 0.377 e. The number of halogens is 3. The first-order valence-electron chi connectivity index (χ1n) is 10.6. The fourth-order valence-electron chi connectivity index (χ4n) is 3.61. The molecule has 1 atom stereocenters. The monoisotopic (exact) mass is 476 g/mol. The predicted molar refractivity (Wildman–Crippen MR) is 118 cm³/mol. The second-order valence-electron chi connectivity index (χ2n) is 7.64. The van der Waals surface area contributed by atoms with E-state index < -0.39 is 23.2 Å². The predicted octanol–water partition coefficient (Wildman–Crippen LogP) is 4.55. The molecule has 1 aliphatic rings. The van der Waals surface area contributed by atoms with Gasteiger partial charge in [0.15, 0.2) is 11.0 Å². The van der Waals surface area contributed by atoms with Gasteiger partial charge in [0.1, 0.15) is 0 Å². The highest BCUT2D eigenvalue weighted by atomic mass is 32.2. The van der Waals surface area contributed by atoms with Crippen LogP contribution in [0.25, 0.3) is 0 Å². The van der Waals surface area contributed by atoms with Crippen molar-refractivity contribution < 1.29 is 22.7 Å².